The van der Waals surface area contributed by atoms with Crippen molar-refractivity contribution in [1.82, 2.24) is 0 Å². The fourth-order valence-corrected chi connectivity index (χ4v) is 1.77. The zero-order chi connectivity index (χ0) is 13.8. The maximum atomic E-state index is 11.6. The van der Waals surface area contributed by atoms with E-state index in [0.717, 1.165) is 5.56 Å². The molecule has 98 valence electrons. The molecule has 1 aliphatic rings. The lowest BCUT2D eigenvalue weighted by Crippen LogP contribution is -2.00. The number of hydrogen-bond acceptors (Lipinski definition) is 3. The second-order valence-corrected chi connectivity index (χ2v) is 4.69. The fraction of sp³-hybridized carbons (Fsp3) is 0.250. The third-order valence-electron chi connectivity index (χ3n) is 2.85. The van der Waals surface area contributed by atoms with Gasteiger partial charge in [0.15, 0.2) is 5.70 Å². The van der Waals surface area contributed by atoms with Crippen LogP contribution in [0.2, 0.25) is 0 Å². The summed E-state index contributed by atoms with van der Waals surface area (Å²) in [6.45, 7) is 6.15. The van der Waals surface area contributed by atoms with Gasteiger partial charge in [-0.2, -0.15) is 0 Å². The summed E-state index contributed by atoms with van der Waals surface area (Å²) < 4.78 is 5.00. The molecule has 0 spiro atoms. The Morgan fingerprint density at radius 1 is 1.21 bits per heavy atom. The molecule has 1 aromatic carbocycles. The fourth-order valence-electron chi connectivity index (χ4n) is 1.77. The number of ether oxygens (including phenoxy) is 1. The highest BCUT2D eigenvalue weighted by Gasteiger charge is 2.20. The SMILES string of the molecule is C/C=C/C1=NC(=C\c2ccc(C(C)C)cc2)/C(=O)O1. The number of carbonyl (C=O) groups is 1. The Kier molecular flexibility index (Phi) is 3.95. The van der Waals surface area contributed by atoms with Crippen molar-refractivity contribution in [2.75, 3.05) is 0 Å². The predicted molar refractivity (Wildman–Crippen MR) is 76.8 cm³/mol. The van der Waals surface area contributed by atoms with Crippen LogP contribution in [0.1, 0.15) is 37.8 Å². The molecule has 0 saturated heterocycles. The number of benzene rings is 1. The topological polar surface area (TPSA) is 38.7 Å². The van der Waals surface area contributed by atoms with Crippen LogP contribution >= 0.6 is 0 Å². The normalized spacial score (nSPS) is 17.4. The molecule has 0 radical (unpaired) electrons. The lowest BCUT2D eigenvalue weighted by Gasteiger charge is -2.04. The van der Waals surface area contributed by atoms with Gasteiger partial charge in [-0.15, -0.1) is 0 Å². The average Bonchev–Trinajstić information content (AvgIpc) is 2.71. The van der Waals surface area contributed by atoms with E-state index < -0.39 is 5.97 Å². The maximum Gasteiger partial charge on any atom is 0.363 e. The quantitative estimate of drug-likeness (QED) is 0.610. The molecule has 0 atom stereocenters. The molecule has 0 N–H and O–H groups in total. The second-order valence-electron chi connectivity index (χ2n) is 4.69. The molecule has 0 aromatic heterocycles. The number of cyclic esters (lactones) is 1. The number of rotatable bonds is 3. The van der Waals surface area contributed by atoms with Crippen LogP contribution < -0.4 is 0 Å². The minimum Gasteiger partial charge on any atom is -0.403 e. The van der Waals surface area contributed by atoms with Crippen LogP contribution in [0.3, 0.4) is 0 Å². The van der Waals surface area contributed by atoms with E-state index >= 15 is 0 Å². The molecule has 0 saturated carbocycles. The molecular formula is C16H17NO2. The van der Waals surface area contributed by atoms with Crippen molar-refractivity contribution in [1.29, 1.82) is 0 Å². The van der Waals surface area contributed by atoms with Crippen molar-refractivity contribution in [3.8, 4) is 0 Å². The number of carbonyl (C=O) groups excluding carboxylic acids is 1. The van der Waals surface area contributed by atoms with E-state index in [2.05, 4.69) is 31.0 Å². The Morgan fingerprint density at radius 3 is 2.47 bits per heavy atom. The first kappa shape index (κ1) is 13.3. The summed E-state index contributed by atoms with van der Waals surface area (Å²) in [6, 6.07) is 8.10. The minimum absolute atomic E-state index is 0.338. The summed E-state index contributed by atoms with van der Waals surface area (Å²) in [5.74, 6) is 0.441. The lowest BCUT2D eigenvalue weighted by molar-refractivity contribution is -0.129. The molecule has 2 rings (SSSR count). The summed E-state index contributed by atoms with van der Waals surface area (Å²) >= 11 is 0. The Labute approximate surface area is 113 Å². The molecule has 0 unspecified atom stereocenters. The van der Waals surface area contributed by atoms with Crippen LogP contribution in [-0.2, 0) is 9.53 Å². The highest BCUT2D eigenvalue weighted by Crippen LogP contribution is 2.19. The van der Waals surface area contributed by atoms with Crippen LogP contribution in [0, 0.1) is 0 Å². The first-order valence-corrected chi connectivity index (χ1v) is 6.35. The largest absolute Gasteiger partial charge is 0.403 e. The highest BCUT2D eigenvalue weighted by atomic mass is 16.6. The van der Waals surface area contributed by atoms with Gasteiger partial charge in [0.2, 0.25) is 5.90 Å². The first-order valence-electron chi connectivity index (χ1n) is 6.35. The lowest BCUT2D eigenvalue weighted by atomic mass is 10.0. The Hall–Kier alpha value is -2.16. The van der Waals surface area contributed by atoms with Gasteiger partial charge < -0.3 is 4.74 Å². The highest BCUT2D eigenvalue weighted by molar-refractivity contribution is 6.10. The van der Waals surface area contributed by atoms with Gasteiger partial charge in [0.05, 0.1) is 0 Å². The zero-order valence-electron chi connectivity index (χ0n) is 11.4. The van der Waals surface area contributed by atoms with Crippen molar-refractivity contribution >= 4 is 17.9 Å². The van der Waals surface area contributed by atoms with Gasteiger partial charge in [-0.1, -0.05) is 44.2 Å². The Morgan fingerprint density at radius 2 is 1.89 bits per heavy atom. The van der Waals surface area contributed by atoms with Gasteiger partial charge >= 0.3 is 5.97 Å². The molecule has 0 amide bonds. The van der Waals surface area contributed by atoms with Crippen LogP contribution in [-0.4, -0.2) is 11.9 Å². The molecule has 0 aliphatic carbocycles. The van der Waals surface area contributed by atoms with E-state index in [9.17, 15) is 4.79 Å². The van der Waals surface area contributed by atoms with Crippen molar-refractivity contribution in [2.45, 2.75) is 26.7 Å². The summed E-state index contributed by atoms with van der Waals surface area (Å²) in [5.41, 5.74) is 2.56. The van der Waals surface area contributed by atoms with E-state index in [1.807, 2.05) is 19.1 Å². The predicted octanol–water partition coefficient (Wildman–Crippen LogP) is 3.68. The third kappa shape index (κ3) is 3.19. The molecule has 3 heteroatoms. The number of hydrogen-bond donors (Lipinski definition) is 0. The van der Waals surface area contributed by atoms with Crippen LogP contribution in [0.25, 0.3) is 6.08 Å². The van der Waals surface area contributed by atoms with Crippen molar-refractivity contribution < 1.29 is 9.53 Å². The maximum absolute atomic E-state index is 11.6. The summed E-state index contributed by atoms with van der Waals surface area (Å²) in [4.78, 5) is 15.7. The summed E-state index contributed by atoms with van der Waals surface area (Å²) in [6.07, 6.45) is 5.19. The van der Waals surface area contributed by atoms with Crippen molar-refractivity contribution in [2.24, 2.45) is 4.99 Å². The standard InChI is InChI=1S/C16H17NO2/c1-4-5-15-17-14(16(18)19-15)10-12-6-8-13(9-7-12)11(2)3/h4-11H,1-3H3/b5-4+,14-10-. The summed E-state index contributed by atoms with van der Waals surface area (Å²) in [7, 11) is 0. The van der Waals surface area contributed by atoms with Crippen molar-refractivity contribution in [3.05, 3.63) is 53.2 Å². The minimum atomic E-state index is -0.402. The average molecular weight is 255 g/mol. The molecule has 3 nitrogen and oxygen atoms in total. The van der Waals surface area contributed by atoms with Gasteiger partial charge in [-0.25, -0.2) is 9.79 Å². The third-order valence-corrected chi connectivity index (χ3v) is 2.85. The molecule has 0 fully saturated rings. The number of aliphatic imine (C=N–C) groups is 1. The van der Waals surface area contributed by atoms with Gasteiger partial charge in [-0.3, -0.25) is 0 Å². The molecule has 19 heavy (non-hydrogen) atoms. The van der Waals surface area contributed by atoms with Gasteiger partial charge in [0, 0.05) is 0 Å². The van der Waals surface area contributed by atoms with Crippen molar-refractivity contribution in [3.63, 3.8) is 0 Å². The van der Waals surface area contributed by atoms with Crippen LogP contribution in [0.4, 0.5) is 0 Å². The van der Waals surface area contributed by atoms with Gasteiger partial charge in [0.1, 0.15) is 0 Å². The molecule has 1 heterocycles. The van der Waals surface area contributed by atoms with Crippen LogP contribution in [0.15, 0.2) is 47.1 Å². The number of esters is 1. The summed E-state index contributed by atoms with van der Waals surface area (Å²) in [5, 5.41) is 0. The molecular weight excluding hydrogens is 238 g/mol. The van der Waals surface area contributed by atoms with E-state index in [4.69, 9.17) is 4.74 Å². The number of allylic oxidation sites excluding steroid dienone is 1. The number of nitrogens with zero attached hydrogens (tertiary/aromatic N) is 1. The van der Waals surface area contributed by atoms with E-state index in [1.165, 1.54) is 5.56 Å². The first-order chi connectivity index (χ1) is 9.10. The van der Waals surface area contributed by atoms with E-state index in [0.29, 0.717) is 17.5 Å². The Balaban J connectivity index is 2.24. The van der Waals surface area contributed by atoms with E-state index in [1.54, 1.807) is 18.2 Å². The second kappa shape index (κ2) is 5.65. The Bertz CT molecular complexity index is 563. The van der Waals surface area contributed by atoms with Crippen LogP contribution in [0.5, 0.6) is 0 Å². The molecule has 1 aromatic rings. The zero-order valence-corrected chi connectivity index (χ0v) is 11.4. The smallest absolute Gasteiger partial charge is 0.363 e. The van der Waals surface area contributed by atoms with E-state index in [-0.39, 0.29) is 0 Å². The monoisotopic (exact) mass is 255 g/mol. The molecule has 0 bridgehead atoms. The van der Waals surface area contributed by atoms with Gasteiger partial charge in [-0.05, 0) is 36.1 Å². The van der Waals surface area contributed by atoms with Gasteiger partial charge in [0.25, 0.3) is 0 Å². The molecule has 1 aliphatic heterocycles.